The first-order chi connectivity index (χ1) is 12.3. The first kappa shape index (κ1) is 19.9. The average Bonchev–Trinajstić information content (AvgIpc) is 2.57. The number of rotatable bonds is 7. The number of hydrogen-bond donors (Lipinski definition) is 2. The van der Waals surface area contributed by atoms with Crippen molar-refractivity contribution in [3.63, 3.8) is 0 Å². The summed E-state index contributed by atoms with van der Waals surface area (Å²) in [6.07, 6.45) is 0. The molecule has 5 nitrogen and oxygen atoms in total. The Hall–Kier alpha value is -2.37. The van der Waals surface area contributed by atoms with Crippen LogP contribution in [0.5, 0.6) is 0 Å². The van der Waals surface area contributed by atoms with Crippen LogP contribution in [0, 0.1) is 0 Å². The summed E-state index contributed by atoms with van der Waals surface area (Å²) in [4.78, 5) is 26.2. The van der Waals surface area contributed by atoms with Crippen LogP contribution in [0.25, 0.3) is 0 Å². The molecule has 0 bridgehead atoms. The summed E-state index contributed by atoms with van der Waals surface area (Å²) in [6.45, 7) is 4.59. The molecule has 0 atom stereocenters. The van der Waals surface area contributed by atoms with E-state index in [9.17, 15) is 9.59 Å². The summed E-state index contributed by atoms with van der Waals surface area (Å²) in [5.41, 5.74) is 2.11. The minimum atomic E-state index is -0.186. The Labute approximate surface area is 159 Å². The second-order valence-electron chi connectivity index (χ2n) is 6.52. The number of halogens is 1. The molecule has 138 valence electrons. The molecule has 0 heterocycles. The number of hydrogen-bond acceptors (Lipinski definition) is 3. The Morgan fingerprint density at radius 1 is 1.12 bits per heavy atom. The molecule has 2 N–H and O–H groups in total. The molecule has 26 heavy (non-hydrogen) atoms. The topological polar surface area (TPSA) is 61.4 Å². The van der Waals surface area contributed by atoms with Crippen LogP contribution in [-0.4, -0.2) is 36.3 Å². The van der Waals surface area contributed by atoms with Gasteiger partial charge in [-0.1, -0.05) is 29.8 Å². The molecule has 0 aromatic heterocycles. The molecule has 0 aliphatic rings. The highest BCUT2D eigenvalue weighted by atomic mass is 35.5. The number of carbonyl (C=O) groups excluding carboxylic acids is 2. The number of amides is 2. The number of carbonyl (C=O) groups is 2. The van der Waals surface area contributed by atoms with Gasteiger partial charge in [-0.05, 0) is 56.8 Å². The first-order valence-electron chi connectivity index (χ1n) is 8.48. The number of benzene rings is 2. The smallest absolute Gasteiger partial charge is 0.255 e. The lowest BCUT2D eigenvalue weighted by Gasteiger charge is -2.20. The molecule has 0 unspecified atom stereocenters. The normalized spacial score (nSPS) is 10.8. The molecule has 0 aliphatic heterocycles. The fourth-order valence-electron chi connectivity index (χ4n) is 2.56. The largest absolute Gasteiger partial charge is 0.353 e. The zero-order valence-electron chi connectivity index (χ0n) is 15.3. The molecule has 0 saturated heterocycles. The highest BCUT2D eigenvalue weighted by Crippen LogP contribution is 2.22. The van der Waals surface area contributed by atoms with E-state index >= 15 is 0 Å². The lowest BCUT2D eigenvalue weighted by Crippen LogP contribution is -2.38. The van der Waals surface area contributed by atoms with Gasteiger partial charge in [0.15, 0.2) is 0 Å². The predicted octanol–water partition coefficient (Wildman–Crippen LogP) is 3.55. The molecule has 2 aromatic rings. The summed E-state index contributed by atoms with van der Waals surface area (Å²) >= 11 is 6.12. The van der Waals surface area contributed by atoms with Crippen LogP contribution in [-0.2, 0) is 11.3 Å². The summed E-state index contributed by atoms with van der Waals surface area (Å²) in [5.74, 6) is -0.228. The van der Waals surface area contributed by atoms with E-state index in [0.29, 0.717) is 22.8 Å². The van der Waals surface area contributed by atoms with Gasteiger partial charge in [-0.25, -0.2) is 0 Å². The molecular formula is C20H24ClN3O2. The number of nitrogens with zero attached hydrogens (tertiary/aromatic N) is 1. The van der Waals surface area contributed by atoms with E-state index in [2.05, 4.69) is 10.6 Å². The highest BCUT2D eigenvalue weighted by molar-refractivity contribution is 6.30. The van der Waals surface area contributed by atoms with Crippen LogP contribution in [0.15, 0.2) is 48.5 Å². The second kappa shape index (κ2) is 9.36. The minimum absolute atomic E-state index is 0.0422. The van der Waals surface area contributed by atoms with Crippen molar-refractivity contribution in [1.29, 1.82) is 0 Å². The van der Waals surface area contributed by atoms with Crippen LogP contribution in [0.4, 0.5) is 5.69 Å². The van der Waals surface area contributed by atoms with Crippen LogP contribution in [0.3, 0.4) is 0 Å². The number of anilines is 1. The second-order valence-corrected chi connectivity index (χ2v) is 6.95. The van der Waals surface area contributed by atoms with Gasteiger partial charge < -0.3 is 10.6 Å². The van der Waals surface area contributed by atoms with Gasteiger partial charge in [0.05, 0.1) is 6.54 Å². The van der Waals surface area contributed by atoms with Crippen molar-refractivity contribution in [3.8, 4) is 0 Å². The Kier molecular flexibility index (Phi) is 7.18. The quantitative estimate of drug-likeness (QED) is 0.780. The summed E-state index contributed by atoms with van der Waals surface area (Å²) in [5, 5.41) is 6.36. The summed E-state index contributed by atoms with van der Waals surface area (Å²) in [6, 6.07) is 14.4. The van der Waals surface area contributed by atoms with Gasteiger partial charge in [0, 0.05) is 28.9 Å². The lowest BCUT2D eigenvalue weighted by atomic mass is 10.1. The molecular weight excluding hydrogens is 350 g/mol. The van der Waals surface area contributed by atoms with Crippen molar-refractivity contribution in [1.82, 2.24) is 10.2 Å². The third-order valence-corrected chi connectivity index (χ3v) is 3.89. The van der Waals surface area contributed by atoms with E-state index in [-0.39, 0.29) is 24.4 Å². The van der Waals surface area contributed by atoms with Gasteiger partial charge in [-0.15, -0.1) is 0 Å². The third-order valence-electron chi connectivity index (χ3n) is 3.65. The number of likely N-dealkylation sites (N-methyl/N-ethyl adjacent to an activating group) is 1. The van der Waals surface area contributed by atoms with Gasteiger partial charge in [0.25, 0.3) is 5.91 Å². The van der Waals surface area contributed by atoms with Crippen LogP contribution in [0.2, 0.25) is 5.02 Å². The molecule has 0 fully saturated rings. The molecule has 6 heteroatoms. The van der Waals surface area contributed by atoms with Crippen LogP contribution in [0.1, 0.15) is 29.8 Å². The lowest BCUT2D eigenvalue weighted by molar-refractivity contribution is -0.122. The third kappa shape index (κ3) is 6.17. The fraction of sp³-hybridized carbons (Fsp3) is 0.300. The van der Waals surface area contributed by atoms with Gasteiger partial charge in [0.1, 0.15) is 0 Å². The monoisotopic (exact) mass is 373 g/mol. The van der Waals surface area contributed by atoms with Crippen LogP contribution >= 0.6 is 11.6 Å². The van der Waals surface area contributed by atoms with E-state index in [1.54, 1.807) is 30.3 Å². The van der Waals surface area contributed by atoms with Crippen molar-refractivity contribution >= 4 is 29.1 Å². The van der Waals surface area contributed by atoms with Crippen LogP contribution < -0.4 is 10.6 Å². The Bertz CT molecular complexity index is 763. The molecule has 0 aliphatic carbocycles. The van der Waals surface area contributed by atoms with E-state index in [1.807, 2.05) is 44.0 Å². The predicted molar refractivity (Wildman–Crippen MR) is 105 cm³/mol. The Balaban J connectivity index is 2.09. The maximum Gasteiger partial charge on any atom is 0.255 e. The fourth-order valence-corrected chi connectivity index (χ4v) is 2.75. The highest BCUT2D eigenvalue weighted by Gasteiger charge is 2.13. The van der Waals surface area contributed by atoms with Crippen molar-refractivity contribution in [2.75, 3.05) is 18.9 Å². The van der Waals surface area contributed by atoms with Crippen molar-refractivity contribution in [3.05, 3.63) is 64.7 Å². The van der Waals surface area contributed by atoms with E-state index in [0.717, 1.165) is 5.56 Å². The van der Waals surface area contributed by atoms with Crippen molar-refractivity contribution < 1.29 is 9.59 Å². The van der Waals surface area contributed by atoms with Gasteiger partial charge in [0.2, 0.25) is 5.91 Å². The molecule has 0 spiro atoms. The zero-order valence-corrected chi connectivity index (χ0v) is 16.0. The maximum atomic E-state index is 12.4. The molecule has 2 rings (SSSR count). The standard InChI is InChI=1S/C20H24ClN3O2/c1-14(2)22-19(25)13-24(3)12-16-11-17(21)9-10-18(16)23-20(26)15-7-5-4-6-8-15/h4-11,14H,12-13H2,1-3H3,(H,22,25)(H,23,26). The molecule has 0 radical (unpaired) electrons. The molecule has 2 aromatic carbocycles. The SMILES string of the molecule is CC(C)NC(=O)CN(C)Cc1cc(Cl)ccc1NC(=O)c1ccccc1. The maximum absolute atomic E-state index is 12.4. The Morgan fingerprint density at radius 2 is 1.81 bits per heavy atom. The van der Waals surface area contributed by atoms with E-state index < -0.39 is 0 Å². The van der Waals surface area contributed by atoms with Crippen molar-refractivity contribution in [2.24, 2.45) is 0 Å². The van der Waals surface area contributed by atoms with E-state index in [1.165, 1.54) is 0 Å². The number of nitrogens with one attached hydrogen (secondary N) is 2. The Morgan fingerprint density at radius 3 is 2.46 bits per heavy atom. The first-order valence-corrected chi connectivity index (χ1v) is 8.85. The van der Waals surface area contributed by atoms with Crippen molar-refractivity contribution in [2.45, 2.75) is 26.4 Å². The van der Waals surface area contributed by atoms with Gasteiger partial charge >= 0.3 is 0 Å². The average molecular weight is 374 g/mol. The van der Waals surface area contributed by atoms with E-state index in [4.69, 9.17) is 11.6 Å². The molecule has 0 saturated carbocycles. The molecule has 2 amide bonds. The summed E-state index contributed by atoms with van der Waals surface area (Å²) in [7, 11) is 1.85. The minimum Gasteiger partial charge on any atom is -0.353 e. The van der Waals surface area contributed by atoms with Gasteiger partial charge in [-0.2, -0.15) is 0 Å². The zero-order chi connectivity index (χ0) is 19.1. The van der Waals surface area contributed by atoms with Gasteiger partial charge in [-0.3, -0.25) is 14.5 Å². The summed E-state index contributed by atoms with van der Waals surface area (Å²) < 4.78 is 0.